The molecular formula is C18H36N8O6. The summed E-state index contributed by atoms with van der Waals surface area (Å²) in [7, 11) is 0. The number of nitrogens with one attached hydrogen (secondary N) is 3. The van der Waals surface area contributed by atoms with Crippen molar-refractivity contribution < 1.29 is 29.4 Å². The number of nitrogens with zero attached hydrogens (tertiary/aromatic N) is 1. The highest BCUT2D eigenvalue weighted by atomic mass is 16.4. The van der Waals surface area contributed by atoms with Crippen LogP contribution in [0.5, 0.6) is 0 Å². The van der Waals surface area contributed by atoms with E-state index in [9.17, 15) is 19.2 Å². The van der Waals surface area contributed by atoms with E-state index in [1.807, 2.05) is 0 Å². The van der Waals surface area contributed by atoms with Gasteiger partial charge in [-0.25, -0.2) is 4.79 Å². The van der Waals surface area contributed by atoms with Crippen LogP contribution in [0.2, 0.25) is 0 Å². The third-order valence-corrected chi connectivity index (χ3v) is 4.43. The monoisotopic (exact) mass is 460 g/mol. The Balaban J connectivity index is 5.07. The Labute approximate surface area is 186 Å². The average Bonchev–Trinajstić information content (AvgIpc) is 2.73. The number of aliphatic imine (C=N–C) groups is 1. The van der Waals surface area contributed by atoms with Crippen LogP contribution < -0.4 is 38.9 Å². The van der Waals surface area contributed by atoms with Gasteiger partial charge in [-0.2, -0.15) is 0 Å². The summed E-state index contributed by atoms with van der Waals surface area (Å²) in [5.74, 6) is -3.56. The van der Waals surface area contributed by atoms with Crippen molar-refractivity contribution in [3.63, 3.8) is 0 Å². The second kappa shape index (κ2) is 15.8. The third kappa shape index (κ3) is 12.0. The van der Waals surface area contributed by atoms with Crippen molar-refractivity contribution in [3.05, 3.63) is 0 Å². The van der Waals surface area contributed by atoms with Crippen LogP contribution in [0.4, 0.5) is 0 Å². The normalized spacial score (nSPS) is 14.4. The molecule has 0 bridgehead atoms. The Hall–Kier alpha value is -2.97. The van der Waals surface area contributed by atoms with Crippen molar-refractivity contribution in [3.8, 4) is 0 Å². The first-order chi connectivity index (χ1) is 15.0. The van der Waals surface area contributed by atoms with Crippen LogP contribution in [-0.2, 0) is 19.2 Å². The van der Waals surface area contributed by atoms with Crippen LogP contribution in [0, 0.1) is 0 Å². The highest BCUT2D eigenvalue weighted by Crippen LogP contribution is 2.03. The fraction of sp³-hybridized carbons (Fsp3) is 0.722. The molecule has 0 aliphatic heterocycles. The molecule has 0 rings (SSSR count). The summed E-state index contributed by atoms with van der Waals surface area (Å²) in [5.41, 5.74) is 21.8. The van der Waals surface area contributed by atoms with Gasteiger partial charge in [0.25, 0.3) is 0 Å². The molecule has 0 fully saturated rings. The predicted octanol–water partition coefficient (Wildman–Crippen LogP) is -3.95. The number of guanidine groups is 1. The van der Waals surface area contributed by atoms with Gasteiger partial charge in [0.2, 0.25) is 17.7 Å². The number of unbranched alkanes of at least 4 members (excludes halogenated alkanes) is 1. The zero-order valence-electron chi connectivity index (χ0n) is 18.3. The zero-order chi connectivity index (χ0) is 24.7. The van der Waals surface area contributed by atoms with Gasteiger partial charge in [-0.3, -0.25) is 19.4 Å². The maximum absolute atomic E-state index is 12.7. The average molecular weight is 461 g/mol. The number of carboxylic acid groups (broad SMARTS) is 1. The Morgan fingerprint density at radius 1 is 0.906 bits per heavy atom. The lowest BCUT2D eigenvalue weighted by Gasteiger charge is -2.23. The maximum Gasteiger partial charge on any atom is 0.328 e. The molecule has 0 aliphatic rings. The van der Waals surface area contributed by atoms with Gasteiger partial charge in [-0.05, 0) is 39.2 Å². The van der Waals surface area contributed by atoms with E-state index in [1.165, 1.54) is 6.92 Å². The molecule has 0 heterocycles. The van der Waals surface area contributed by atoms with Gasteiger partial charge < -0.3 is 49.1 Å². The molecule has 0 saturated carbocycles. The van der Waals surface area contributed by atoms with E-state index < -0.39 is 54.5 Å². The van der Waals surface area contributed by atoms with Crippen LogP contribution in [0.1, 0.15) is 39.0 Å². The highest BCUT2D eigenvalue weighted by Gasteiger charge is 2.27. The molecule has 0 aromatic heterocycles. The summed E-state index contributed by atoms with van der Waals surface area (Å²) in [6.45, 7) is 1.22. The molecule has 0 spiro atoms. The topological polar surface area (TPSA) is 261 Å². The molecule has 13 N–H and O–H groups in total. The van der Waals surface area contributed by atoms with Crippen LogP contribution in [-0.4, -0.2) is 83.7 Å². The summed E-state index contributed by atoms with van der Waals surface area (Å²) in [4.78, 5) is 51.9. The van der Waals surface area contributed by atoms with E-state index in [1.54, 1.807) is 0 Å². The number of carbonyl (C=O) groups excluding carboxylic acids is 3. The van der Waals surface area contributed by atoms with Crippen LogP contribution in [0.3, 0.4) is 0 Å². The molecule has 32 heavy (non-hydrogen) atoms. The Morgan fingerprint density at radius 2 is 1.53 bits per heavy atom. The number of hydrogen-bond donors (Lipinski definition) is 9. The zero-order valence-corrected chi connectivity index (χ0v) is 18.3. The van der Waals surface area contributed by atoms with Crippen molar-refractivity contribution in [2.45, 2.75) is 63.2 Å². The number of rotatable bonds is 16. The fourth-order valence-corrected chi connectivity index (χ4v) is 2.55. The smallest absolute Gasteiger partial charge is 0.328 e. The van der Waals surface area contributed by atoms with Crippen LogP contribution in [0.25, 0.3) is 0 Å². The number of aliphatic carboxylic acids is 1. The molecule has 4 atom stereocenters. The number of aliphatic hydroxyl groups is 1. The largest absolute Gasteiger partial charge is 0.480 e. The number of carbonyl (C=O) groups is 4. The minimum Gasteiger partial charge on any atom is -0.480 e. The van der Waals surface area contributed by atoms with E-state index in [0.717, 1.165) is 0 Å². The summed E-state index contributed by atoms with van der Waals surface area (Å²) < 4.78 is 0. The van der Waals surface area contributed by atoms with Crippen LogP contribution in [0.15, 0.2) is 4.99 Å². The van der Waals surface area contributed by atoms with Crippen molar-refractivity contribution in [1.82, 2.24) is 16.0 Å². The summed E-state index contributed by atoms with van der Waals surface area (Å²) in [6, 6.07) is -4.51. The first-order valence-electron chi connectivity index (χ1n) is 10.3. The number of carboxylic acids is 1. The molecule has 4 unspecified atom stereocenters. The third-order valence-electron chi connectivity index (χ3n) is 4.43. The fourth-order valence-electron chi connectivity index (χ4n) is 2.55. The van der Waals surface area contributed by atoms with Gasteiger partial charge in [0.1, 0.15) is 18.1 Å². The van der Waals surface area contributed by atoms with E-state index >= 15 is 0 Å². The molecule has 0 saturated heterocycles. The second-order valence-electron chi connectivity index (χ2n) is 7.21. The minimum atomic E-state index is -1.51. The quantitative estimate of drug-likeness (QED) is 0.0612. The lowest BCUT2D eigenvalue weighted by molar-refractivity contribution is -0.143. The van der Waals surface area contributed by atoms with Gasteiger partial charge in [0, 0.05) is 6.54 Å². The summed E-state index contributed by atoms with van der Waals surface area (Å²) in [6.07, 6.45) is 2.26. The number of aliphatic hydroxyl groups excluding tert-OH is 1. The van der Waals surface area contributed by atoms with Crippen LogP contribution >= 0.6 is 0 Å². The van der Waals surface area contributed by atoms with Crippen molar-refractivity contribution in [2.75, 3.05) is 19.7 Å². The molecule has 0 radical (unpaired) electrons. The maximum atomic E-state index is 12.7. The van der Waals surface area contributed by atoms with Gasteiger partial charge in [0.15, 0.2) is 5.96 Å². The van der Waals surface area contributed by atoms with Gasteiger partial charge in [-0.1, -0.05) is 6.42 Å². The Kier molecular flexibility index (Phi) is 14.3. The van der Waals surface area contributed by atoms with E-state index in [2.05, 4.69) is 20.9 Å². The number of amides is 3. The molecule has 0 aromatic rings. The van der Waals surface area contributed by atoms with Gasteiger partial charge >= 0.3 is 5.97 Å². The standard InChI is InChI=1S/C18H36N8O6/c1-10(14(28)26-13(9-27)17(31)32)24-16(30)12(6-4-8-23-18(21)22)25-15(29)11(20)5-2-3-7-19/h10-13,27H,2-9,19-20H2,1H3,(H,24,30)(H,25,29)(H,26,28)(H,31,32)(H4,21,22,23). The van der Waals surface area contributed by atoms with Crippen molar-refractivity contribution >= 4 is 29.7 Å². The molecular weight excluding hydrogens is 424 g/mol. The molecule has 14 nitrogen and oxygen atoms in total. The first-order valence-corrected chi connectivity index (χ1v) is 10.3. The van der Waals surface area contributed by atoms with Gasteiger partial charge in [-0.15, -0.1) is 0 Å². The number of nitrogens with two attached hydrogens (primary N) is 4. The molecule has 184 valence electrons. The van der Waals surface area contributed by atoms with Gasteiger partial charge in [0.05, 0.1) is 12.6 Å². The Morgan fingerprint density at radius 3 is 2.06 bits per heavy atom. The number of hydrogen-bond acceptors (Lipinski definition) is 8. The minimum absolute atomic E-state index is 0.112. The van der Waals surface area contributed by atoms with Crippen molar-refractivity contribution in [2.24, 2.45) is 27.9 Å². The molecule has 14 heteroatoms. The molecule has 0 aliphatic carbocycles. The van der Waals surface area contributed by atoms with E-state index in [-0.39, 0.29) is 18.9 Å². The SMILES string of the molecule is CC(NC(=O)C(CCCN=C(N)N)NC(=O)C(N)CCCCN)C(=O)NC(CO)C(=O)O. The summed E-state index contributed by atoms with van der Waals surface area (Å²) in [5, 5.41) is 25.0. The second-order valence-corrected chi connectivity index (χ2v) is 7.21. The van der Waals surface area contributed by atoms with Crippen molar-refractivity contribution in [1.29, 1.82) is 0 Å². The lowest BCUT2D eigenvalue weighted by atomic mass is 10.1. The molecule has 3 amide bonds. The van der Waals surface area contributed by atoms with E-state index in [4.69, 9.17) is 33.1 Å². The molecule has 0 aromatic carbocycles. The Bertz CT molecular complexity index is 655. The summed E-state index contributed by atoms with van der Waals surface area (Å²) >= 11 is 0. The lowest BCUT2D eigenvalue weighted by Crippen LogP contribution is -2.56. The first kappa shape index (κ1) is 29.0. The van der Waals surface area contributed by atoms with E-state index in [0.29, 0.717) is 32.2 Å². The highest BCUT2D eigenvalue weighted by molar-refractivity contribution is 5.93. The predicted molar refractivity (Wildman–Crippen MR) is 117 cm³/mol.